The van der Waals surface area contributed by atoms with Crippen LogP contribution in [0.5, 0.6) is 0 Å². The monoisotopic (exact) mass is 151 g/mol. The lowest BCUT2D eigenvalue weighted by Crippen LogP contribution is -2.12. The molecule has 2 rings (SSSR count). The summed E-state index contributed by atoms with van der Waals surface area (Å²) in [4.78, 5) is 0. The fraction of sp³-hybridized carbons (Fsp3) is 0.909. The van der Waals surface area contributed by atoms with Crippen molar-refractivity contribution in [2.75, 3.05) is 0 Å². The lowest BCUT2D eigenvalue weighted by Gasteiger charge is -2.24. The van der Waals surface area contributed by atoms with Gasteiger partial charge in [-0.15, -0.1) is 0 Å². The topological polar surface area (TPSA) is 0 Å². The van der Waals surface area contributed by atoms with E-state index in [1.807, 2.05) is 0 Å². The molecule has 0 N–H and O–H groups in total. The Balaban J connectivity index is 1.92. The normalized spacial score (nSPS) is 43.9. The van der Waals surface area contributed by atoms with Gasteiger partial charge in [0.25, 0.3) is 0 Å². The molecule has 2 saturated carbocycles. The fourth-order valence-corrected chi connectivity index (χ4v) is 3.09. The molecule has 1 radical (unpaired) electrons. The van der Waals surface area contributed by atoms with Gasteiger partial charge in [-0.3, -0.25) is 0 Å². The van der Waals surface area contributed by atoms with E-state index < -0.39 is 0 Å². The van der Waals surface area contributed by atoms with Crippen LogP contribution in [0, 0.1) is 24.7 Å². The van der Waals surface area contributed by atoms with E-state index in [1.165, 1.54) is 44.9 Å². The second-order valence-electron chi connectivity index (χ2n) is 4.43. The van der Waals surface area contributed by atoms with Crippen molar-refractivity contribution in [1.82, 2.24) is 0 Å². The number of hydrogen-bond acceptors (Lipinski definition) is 0. The average molecular weight is 151 g/mol. The Labute approximate surface area is 70.4 Å². The number of rotatable bonds is 1. The molecule has 2 aliphatic rings. The molecule has 0 bridgehead atoms. The van der Waals surface area contributed by atoms with E-state index in [0.717, 1.165) is 17.8 Å². The molecule has 0 heteroatoms. The number of hydrogen-bond donors (Lipinski definition) is 0. The van der Waals surface area contributed by atoms with Crippen LogP contribution in [-0.4, -0.2) is 0 Å². The smallest absolute Gasteiger partial charge is 0.0383 e. The SMILES string of the molecule is [CH2]CC1CC2CCCCC2C1. The minimum atomic E-state index is 0.989. The summed E-state index contributed by atoms with van der Waals surface area (Å²) in [6, 6.07) is 0. The van der Waals surface area contributed by atoms with Crippen LogP contribution in [0.4, 0.5) is 0 Å². The van der Waals surface area contributed by atoms with Gasteiger partial charge < -0.3 is 0 Å². The van der Waals surface area contributed by atoms with Crippen molar-refractivity contribution in [1.29, 1.82) is 0 Å². The minimum Gasteiger partial charge on any atom is -0.0530 e. The Morgan fingerprint density at radius 2 is 1.55 bits per heavy atom. The first-order valence-corrected chi connectivity index (χ1v) is 5.19. The van der Waals surface area contributed by atoms with E-state index in [9.17, 15) is 0 Å². The molecule has 0 aromatic carbocycles. The molecule has 2 fully saturated rings. The molecule has 0 amide bonds. The zero-order valence-corrected chi connectivity index (χ0v) is 7.39. The summed E-state index contributed by atoms with van der Waals surface area (Å²) in [6.45, 7) is 4.03. The van der Waals surface area contributed by atoms with Gasteiger partial charge in [-0.25, -0.2) is 0 Å². The molecular weight excluding hydrogens is 132 g/mol. The predicted octanol–water partition coefficient (Wildman–Crippen LogP) is 3.43. The average Bonchev–Trinajstić information content (AvgIpc) is 2.46. The lowest BCUT2D eigenvalue weighted by atomic mass is 9.82. The Morgan fingerprint density at radius 3 is 2.00 bits per heavy atom. The third-order valence-corrected chi connectivity index (χ3v) is 3.75. The van der Waals surface area contributed by atoms with Crippen LogP contribution >= 0.6 is 0 Å². The van der Waals surface area contributed by atoms with Crippen LogP contribution in [0.25, 0.3) is 0 Å². The molecule has 0 aromatic rings. The van der Waals surface area contributed by atoms with Crippen LogP contribution < -0.4 is 0 Å². The molecule has 0 spiro atoms. The summed E-state index contributed by atoms with van der Waals surface area (Å²) in [5.74, 6) is 3.20. The molecule has 0 aromatic heterocycles. The van der Waals surface area contributed by atoms with Crippen molar-refractivity contribution >= 4 is 0 Å². The molecule has 0 aliphatic heterocycles. The van der Waals surface area contributed by atoms with Gasteiger partial charge in [-0.2, -0.15) is 0 Å². The largest absolute Gasteiger partial charge is 0.0530 e. The first-order chi connectivity index (χ1) is 5.40. The maximum absolute atomic E-state index is 4.03. The minimum absolute atomic E-state index is 0.989. The zero-order valence-electron chi connectivity index (χ0n) is 7.39. The standard InChI is InChI=1S/C11H19/c1-2-9-7-10-5-3-4-6-11(10)8-9/h9-11H,1-8H2. The van der Waals surface area contributed by atoms with E-state index in [1.54, 1.807) is 0 Å². The van der Waals surface area contributed by atoms with Crippen molar-refractivity contribution in [2.24, 2.45) is 17.8 Å². The van der Waals surface area contributed by atoms with Gasteiger partial charge in [0.2, 0.25) is 0 Å². The number of fused-ring (bicyclic) bond motifs is 1. The van der Waals surface area contributed by atoms with E-state index in [2.05, 4.69) is 6.92 Å². The molecule has 0 nitrogen and oxygen atoms in total. The molecule has 0 saturated heterocycles. The first kappa shape index (κ1) is 7.64. The Hall–Kier alpha value is 0. The lowest BCUT2D eigenvalue weighted by molar-refractivity contribution is 0.277. The molecule has 11 heavy (non-hydrogen) atoms. The Kier molecular flexibility index (Phi) is 2.20. The predicted molar refractivity (Wildman–Crippen MR) is 48.1 cm³/mol. The summed E-state index contributed by atoms with van der Waals surface area (Å²) in [5.41, 5.74) is 0. The second-order valence-corrected chi connectivity index (χ2v) is 4.43. The van der Waals surface area contributed by atoms with Crippen molar-refractivity contribution in [3.8, 4) is 0 Å². The second kappa shape index (κ2) is 3.16. The highest BCUT2D eigenvalue weighted by atomic mass is 14.4. The Bertz CT molecular complexity index is 114. The van der Waals surface area contributed by atoms with Crippen LogP contribution in [0.1, 0.15) is 44.9 Å². The van der Waals surface area contributed by atoms with E-state index in [4.69, 9.17) is 0 Å². The van der Waals surface area contributed by atoms with Crippen LogP contribution in [0.3, 0.4) is 0 Å². The van der Waals surface area contributed by atoms with Gasteiger partial charge in [-0.1, -0.05) is 39.0 Å². The third kappa shape index (κ3) is 1.45. The summed E-state index contributed by atoms with van der Waals surface area (Å²) < 4.78 is 0. The summed E-state index contributed by atoms with van der Waals surface area (Å²) >= 11 is 0. The van der Waals surface area contributed by atoms with E-state index >= 15 is 0 Å². The van der Waals surface area contributed by atoms with Gasteiger partial charge in [-0.05, 0) is 30.6 Å². The van der Waals surface area contributed by atoms with Crippen molar-refractivity contribution in [2.45, 2.75) is 44.9 Å². The molecule has 2 aliphatic carbocycles. The summed E-state index contributed by atoms with van der Waals surface area (Å²) in [6.07, 6.45) is 10.3. The molecule has 0 heterocycles. The fourth-order valence-electron chi connectivity index (χ4n) is 3.09. The summed E-state index contributed by atoms with van der Waals surface area (Å²) in [5, 5.41) is 0. The van der Waals surface area contributed by atoms with Crippen molar-refractivity contribution in [3.63, 3.8) is 0 Å². The first-order valence-electron chi connectivity index (χ1n) is 5.19. The van der Waals surface area contributed by atoms with Gasteiger partial charge >= 0.3 is 0 Å². The van der Waals surface area contributed by atoms with Crippen molar-refractivity contribution in [3.05, 3.63) is 6.92 Å². The Morgan fingerprint density at radius 1 is 1.00 bits per heavy atom. The summed E-state index contributed by atoms with van der Waals surface area (Å²) in [7, 11) is 0. The van der Waals surface area contributed by atoms with Crippen LogP contribution in [-0.2, 0) is 0 Å². The maximum Gasteiger partial charge on any atom is -0.0383 e. The van der Waals surface area contributed by atoms with E-state index in [-0.39, 0.29) is 0 Å². The van der Waals surface area contributed by atoms with Gasteiger partial charge in [0.05, 0.1) is 0 Å². The van der Waals surface area contributed by atoms with E-state index in [0.29, 0.717) is 0 Å². The van der Waals surface area contributed by atoms with Gasteiger partial charge in [0.15, 0.2) is 0 Å². The molecular formula is C11H19. The highest BCUT2D eigenvalue weighted by Crippen LogP contribution is 2.45. The molecule has 63 valence electrons. The molecule has 2 atom stereocenters. The van der Waals surface area contributed by atoms with Crippen LogP contribution in [0.15, 0.2) is 0 Å². The van der Waals surface area contributed by atoms with Gasteiger partial charge in [0.1, 0.15) is 0 Å². The third-order valence-electron chi connectivity index (χ3n) is 3.75. The van der Waals surface area contributed by atoms with Crippen molar-refractivity contribution < 1.29 is 0 Å². The van der Waals surface area contributed by atoms with Crippen LogP contribution in [0.2, 0.25) is 0 Å². The highest BCUT2D eigenvalue weighted by Gasteiger charge is 2.34. The quantitative estimate of drug-likeness (QED) is 0.538. The van der Waals surface area contributed by atoms with Gasteiger partial charge in [0, 0.05) is 0 Å². The highest BCUT2D eigenvalue weighted by molar-refractivity contribution is 4.86. The zero-order chi connectivity index (χ0) is 7.68. The maximum atomic E-state index is 4.03. The molecule has 2 unspecified atom stereocenters.